The van der Waals surface area contributed by atoms with Crippen molar-refractivity contribution in [3.05, 3.63) is 29.3 Å². The molecule has 3 rings (SSSR count). The quantitative estimate of drug-likeness (QED) is 0.819. The van der Waals surface area contributed by atoms with Gasteiger partial charge in [-0.25, -0.2) is 8.42 Å². The fourth-order valence-corrected chi connectivity index (χ4v) is 4.80. The molecule has 0 heterocycles. The molecular formula is C18H22N2O3S. The Morgan fingerprint density at radius 3 is 2.58 bits per heavy atom. The maximum absolute atomic E-state index is 12.5. The molecule has 0 spiro atoms. The summed E-state index contributed by atoms with van der Waals surface area (Å²) in [5.74, 6) is -0.489. The number of hydrogen-bond donors (Lipinski definition) is 0. The highest BCUT2D eigenvalue weighted by molar-refractivity contribution is 7.91. The van der Waals surface area contributed by atoms with Gasteiger partial charge in [0.25, 0.3) is 0 Å². The number of nitriles is 1. The fraction of sp³-hybridized carbons (Fsp3) is 0.556. The largest absolute Gasteiger partial charge is 0.327 e. The van der Waals surface area contributed by atoms with Gasteiger partial charge in [-0.05, 0) is 61.8 Å². The number of carbonyl (C=O) groups is 1. The zero-order valence-corrected chi connectivity index (χ0v) is 14.7. The summed E-state index contributed by atoms with van der Waals surface area (Å²) < 4.78 is 25.1. The Bertz CT molecular complexity index is 804. The van der Waals surface area contributed by atoms with Crippen LogP contribution in [-0.4, -0.2) is 37.6 Å². The van der Waals surface area contributed by atoms with Crippen LogP contribution < -0.4 is 0 Å². The van der Waals surface area contributed by atoms with E-state index in [1.807, 2.05) is 6.07 Å². The van der Waals surface area contributed by atoms with Crippen LogP contribution in [0.1, 0.15) is 43.2 Å². The molecule has 2 aliphatic rings. The van der Waals surface area contributed by atoms with E-state index in [2.05, 4.69) is 6.07 Å². The average Bonchev–Trinajstić information content (AvgIpc) is 2.99. The molecule has 0 radical (unpaired) electrons. The van der Waals surface area contributed by atoms with E-state index in [1.54, 1.807) is 19.2 Å². The van der Waals surface area contributed by atoms with Crippen molar-refractivity contribution in [2.24, 2.45) is 0 Å². The molecule has 1 aromatic rings. The highest BCUT2D eigenvalue weighted by Crippen LogP contribution is 2.36. The second-order valence-electron chi connectivity index (χ2n) is 6.80. The standard InChI is InChI=1S/C18H22N2O3S/c1-20(18(13-19)9-3-10-18)17(21)8-11-24(22,23)16-7-6-14-4-2-5-15(14)12-16/h6-7,12H,2-5,8-11H2,1H3. The molecule has 0 saturated heterocycles. The van der Waals surface area contributed by atoms with Gasteiger partial charge in [-0.1, -0.05) is 6.07 Å². The summed E-state index contributed by atoms with van der Waals surface area (Å²) in [4.78, 5) is 14.1. The topological polar surface area (TPSA) is 78.2 Å². The smallest absolute Gasteiger partial charge is 0.224 e. The van der Waals surface area contributed by atoms with Gasteiger partial charge in [-0.2, -0.15) is 5.26 Å². The number of rotatable bonds is 5. The normalized spacial score (nSPS) is 18.3. The maximum atomic E-state index is 12.5. The third-order valence-corrected chi connectivity index (χ3v) is 7.13. The number of hydrogen-bond acceptors (Lipinski definition) is 4. The van der Waals surface area contributed by atoms with Crippen molar-refractivity contribution >= 4 is 15.7 Å². The Balaban J connectivity index is 1.67. The minimum absolute atomic E-state index is 0.0840. The highest BCUT2D eigenvalue weighted by Gasteiger charge is 2.43. The van der Waals surface area contributed by atoms with Crippen LogP contribution >= 0.6 is 0 Å². The van der Waals surface area contributed by atoms with Crippen molar-refractivity contribution in [1.29, 1.82) is 5.26 Å². The Hall–Kier alpha value is -1.87. The van der Waals surface area contributed by atoms with E-state index in [1.165, 1.54) is 10.5 Å². The van der Waals surface area contributed by atoms with E-state index in [4.69, 9.17) is 0 Å². The molecular weight excluding hydrogens is 324 g/mol. The number of amides is 1. The van der Waals surface area contributed by atoms with Gasteiger partial charge in [-0.3, -0.25) is 4.79 Å². The summed E-state index contributed by atoms with van der Waals surface area (Å²) in [7, 11) is -1.88. The molecule has 0 N–H and O–H groups in total. The van der Waals surface area contributed by atoms with Crippen LogP contribution in [0.25, 0.3) is 0 Å². The lowest BCUT2D eigenvalue weighted by Crippen LogP contribution is -2.53. The van der Waals surface area contributed by atoms with Gasteiger partial charge in [0, 0.05) is 13.5 Å². The second-order valence-corrected chi connectivity index (χ2v) is 8.91. The molecule has 0 unspecified atom stereocenters. The zero-order chi connectivity index (χ0) is 17.4. The minimum Gasteiger partial charge on any atom is -0.327 e. The molecule has 2 aliphatic carbocycles. The molecule has 0 bridgehead atoms. The van der Waals surface area contributed by atoms with Crippen molar-refractivity contribution < 1.29 is 13.2 Å². The van der Waals surface area contributed by atoms with Gasteiger partial charge in [-0.15, -0.1) is 0 Å². The van der Waals surface area contributed by atoms with E-state index in [0.717, 1.165) is 31.2 Å². The maximum Gasteiger partial charge on any atom is 0.224 e. The first-order valence-corrected chi connectivity index (χ1v) is 10.1. The van der Waals surface area contributed by atoms with Crippen molar-refractivity contribution in [3.63, 3.8) is 0 Å². The lowest BCUT2D eigenvalue weighted by molar-refractivity contribution is -0.135. The average molecular weight is 346 g/mol. The lowest BCUT2D eigenvalue weighted by atomic mass is 9.76. The van der Waals surface area contributed by atoms with Crippen LogP contribution in [0, 0.1) is 11.3 Å². The molecule has 1 amide bonds. The lowest BCUT2D eigenvalue weighted by Gasteiger charge is -2.43. The van der Waals surface area contributed by atoms with E-state index in [9.17, 15) is 18.5 Å². The van der Waals surface area contributed by atoms with E-state index in [0.29, 0.717) is 17.7 Å². The van der Waals surface area contributed by atoms with Crippen LogP contribution in [-0.2, 0) is 27.5 Å². The predicted molar refractivity (Wildman–Crippen MR) is 90.1 cm³/mol. The van der Waals surface area contributed by atoms with Gasteiger partial charge >= 0.3 is 0 Å². The number of aryl methyl sites for hydroxylation is 2. The van der Waals surface area contributed by atoms with Crippen molar-refractivity contribution in [2.45, 2.75) is 55.4 Å². The second kappa shape index (κ2) is 6.21. The summed E-state index contributed by atoms with van der Waals surface area (Å²) in [6.45, 7) is 0. The van der Waals surface area contributed by atoms with Crippen LogP contribution in [0.4, 0.5) is 0 Å². The summed E-state index contributed by atoms with van der Waals surface area (Å²) in [6.07, 6.45) is 5.18. The predicted octanol–water partition coefficient (Wildman–Crippen LogP) is 2.24. The van der Waals surface area contributed by atoms with Gasteiger partial charge in [0.05, 0.1) is 16.7 Å². The van der Waals surface area contributed by atoms with E-state index in [-0.39, 0.29) is 18.1 Å². The van der Waals surface area contributed by atoms with Crippen LogP contribution in [0.3, 0.4) is 0 Å². The molecule has 128 valence electrons. The number of sulfone groups is 1. The molecule has 0 atom stereocenters. The number of nitrogens with zero attached hydrogens (tertiary/aromatic N) is 2. The highest BCUT2D eigenvalue weighted by atomic mass is 32.2. The Morgan fingerprint density at radius 1 is 1.25 bits per heavy atom. The monoisotopic (exact) mass is 346 g/mol. The fourth-order valence-electron chi connectivity index (χ4n) is 3.52. The summed E-state index contributed by atoms with van der Waals surface area (Å²) in [6, 6.07) is 7.51. The van der Waals surface area contributed by atoms with Crippen molar-refractivity contribution in [1.82, 2.24) is 4.90 Å². The molecule has 1 aromatic carbocycles. The SMILES string of the molecule is CN(C(=O)CCS(=O)(=O)c1ccc2c(c1)CCC2)C1(C#N)CCC1. The molecule has 0 aliphatic heterocycles. The third-order valence-electron chi connectivity index (χ3n) is 5.42. The Labute approximate surface area is 143 Å². The minimum atomic E-state index is -3.48. The summed E-state index contributed by atoms with van der Waals surface area (Å²) in [5.41, 5.74) is 1.61. The molecule has 1 saturated carbocycles. The van der Waals surface area contributed by atoms with Crippen LogP contribution in [0.5, 0.6) is 0 Å². The third kappa shape index (κ3) is 2.93. The first-order chi connectivity index (χ1) is 11.4. The van der Waals surface area contributed by atoms with Gasteiger partial charge < -0.3 is 4.90 Å². The van der Waals surface area contributed by atoms with Crippen LogP contribution in [0.2, 0.25) is 0 Å². The van der Waals surface area contributed by atoms with Gasteiger partial charge in [0.15, 0.2) is 9.84 Å². The summed E-state index contributed by atoms with van der Waals surface area (Å²) in [5, 5.41) is 9.29. The van der Waals surface area contributed by atoms with Crippen molar-refractivity contribution in [3.8, 4) is 6.07 Å². The van der Waals surface area contributed by atoms with Gasteiger partial charge in [0.2, 0.25) is 5.91 Å². The number of fused-ring (bicyclic) bond motifs is 1. The van der Waals surface area contributed by atoms with Crippen molar-refractivity contribution in [2.75, 3.05) is 12.8 Å². The molecule has 1 fully saturated rings. The molecule has 24 heavy (non-hydrogen) atoms. The first-order valence-electron chi connectivity index (χ1n) is 8.40. The van der Waals surface area contributed by atoms with Gasteiger partial charge in [0.1, 0.15) is 5.54 Å². The molecule has 5 nitrogen and oxygen atoms in total. The molecule has 0 aromatic heterocycles. The van der Waals surface area contributed by atoms with E-state index >= 15 is 0 Å². The summed E-state index contributed by atoms with van der Waals surface area (Å²) >= 11 is 0. The zero-order valence-electron chi connectivity index (χ0n) is 13.9. The van der Waals surface area contributed by atoms with Crippen LogP contribution in [0.15, 0.2) is 23.1 Å². The molecule has 6 heteroatoms. The number of carbonyl (C=O) groups excluding carboxylic acids is 1. The first kappa shape index (κ1) is 17.0. The Morgan fingerprint density at radius 2 is 1.96 bits per heavy atom. The van der Waals surface area contributed by atoms with E-state index < -0.39 is 15.4 Å². The Kier molecular flexibility index (Phi) is 4.39. The number of benzene rings is 1.